The normalized spacial score (nSPS) is 14.6. The highest BCUT2D eigenvalue weighted by atomic mass is 16.6. The highest BCUT2D eigenvalue weighted by Crippen LogP contribution is 2.44. The molecule has 8 nitrogen and oxygen atoms in total. The largest absolute Gasteiger partial charge is 0.444 e. The fraction of sp³-hybridized carbons (Fsp3) is 0.386. The maximum atomic E-state index is 12.9. The molecule has 0 bridgehead atoms. The minimum Gasteiger partial charge on any atom is -0.444 e. The van der Waals surface area contributed by atoms with Gasteiger partial charge in [0.2, 0.25) is 0 Å². The molecule has 1 amide bonds. The van der Waals surface area contributed by atoms with Crippen LogP contribution in [-0.2, 0) is 17.7 Å². The first-order valence-electron chi connectivity index (χ1n) is 19.1. The number of benzene rings is 3. The number of imidazole rings is 2. The lowest BCUT2D eigenvalue weighted by atomic mass is 9.88. The van der Waals surface area contributed by atoms with Crippen LogP contribution in [0.25, 0.3) is 44.7 Å². The second kappa shape index (κ2) is 14.9. The van der Waals surface area contributed by atoms with Crippen LogP contribution in [0, 0.1) is 0 Å². The summed E-state index contributed by atoms with van der Waals surface area (Å²) < 4.78 is 8.20. The van der Waals surface area contributed by atoms with Gasteiger partial charge in [-0.05, 0) is 87.4 Å². The fourth-order valence-electron chi connectivity index (χ4n) is 7.65. The van der Waals surface area contributed by atoms with E-state index in [1.165, 1.54) is 52.5 Å². The van der Waals surface area contributed by atoms with E-state index in [-0.39, 0.29) is 12.1 Å². The Bertz CT molecular complexity index is 2150. The van der Waals surface area contributed by atoms with Gasteiger partial charge in [-0.25, -0.2) is 14.8 Å². The second-order valence-corrected chi connectivity index (χ2v) is 15.3. The number of H-pyrrole nitrogens is 2. The minimum atomic E-state index is -0.554. The first-order chi connectivity index (χ1) is 25.1. The SMILES string of the molecule is CCCC[C@H](CC)c1ncc(-c2ccc3c(c2)cc2n3[C@H](c3ccccc3)Cc3cc(-c4cnc(CN(CCC)C(=O)OC(C)(C)C)[nH]4)ccc3-2)[nH]1. The summed E-state index contributed by atoms with van der Waals surface area (Å²) in [4.78, 5) is 31.3. The Morgan fingerprint density at radius 3 is 2.42 bits per heavy atom. The van der Waals surface area contributed by atoms with Crippen LogP contribution in [0.5, 0.6) is 0 Å². The van der Waals surface area contributed by atoms with Crippen LogP contribution in [0.15, 0.2) is 85.2 Å². The number of unbranched alkanes of at least 4 members (excludes halogenated alkanes) is 1. The van der Waals surface area contributed by atoms with Gasteiger partial charge in [0.15, 0.2) is 0 Å². The van der Waals surface area contributed by atoms with E-state index in [1.54, 1.807) is 4.90 Å². The lowest BCUT2D eigenvalue weighted by molar-refractivity contribution is 0.0229. The first-order valence-corrected chi connectivity index (χ1v) is 19.1. The predicted molar refractivity (Wildman–Crippen MR) is 210 cm³/mol. The van der Waals surface area contributed by atoms with Crippen LogP contribution < -0.4 is 0 Å². The number of amides is 1. The molecule has 0 radical (unpaired) electrons. The number of hydrogen-bond donors (Lipinski definition) is 2. The molecular formula is C44H52N6O2. The number of hydrogen-bond acceptors (Lipinski definition) is 4. The van der Waals surface area contributed by atoms with Crippen molar-refractivity contribution in [2.45, 2.75) is 104 Å². The molecule has 0 saturated heterocycles. The van der Waals surface area contributed by atoms with Crippen molar-refractivity contribution >= 4 is 17.0 Å². The van der Waals surface area contributed by atoms with Crippen LogP contribution in [-0.4, -0.2) is 47.6 Å². The topological polar surface area (TPSA) is 91.8 Å². The number of nitrogens with zero attached hydrogens (tertiary/aromatic N) is 4. The molecule has 4 heterocycles. The molecule has 270 valence electrons. The van der Waals surface area contributed by atoms with E-state index in [2.05, 4.69) is 113 Å². The van der Waals surface area contributed by atoms with Crippen molar-refractivity contribution < 1.29 is 9.53 Å². The Hall–Kier alpha value is -5.11. The number of ether oxygens (including phenoxy) is 1. The van der Waals surface area contributed by atoms with Crippen molar-refractivity contribution in [2.24, 2.45) is 0 Å². The van der Waals surface area contributed by atoms with Gasteiger partial charge >= 0.3 is 6.09 Å². The van der Waals surface area contributed by atoms with E-state index >= 15 is 0 Å². The van der Waals surface area contributed by atoms with Crippen LogP contribution in [0.3, 0.4) is 0 Å². The summed E-state index contributed by atoms with van der Waals surface area (Å²) in [6, 6.07) is 26.9. The molecule has 2 atom stereocenters. The summed E-state index contributed by atoms with van der Waals surface area (Å²) in [5, 5.41) is 1.22. The van der Waals surface area contributed by atoms with Gasteiger partial charge in [0.05, 0.1) is 36.4 Å². The maximum absolute atomic E-state index is 12.9. The summed E-state index contributed by atoms with van der Waals surface area (Å²) in [5.74, 6) is 2.30. The smallest absolute Gasteiger partial charge is 0.410 e. The van der Waals surface area contributed by atoms with Crippen molar-refractivity contribution in [1.82, 2.24) is 29.4 Å². The van der Waals surface area contributed by atoms with Gasteiger partial charge in [-0.3, -0.25) is 0 Å². The highest BCUT2D eigenvalue weighted by Gasteiger charge is 2.29. The highest BCUT2D eigenvalue weighted by molar-refractivity contribution is 5.92. The monoisotopic (exact) mass is 696 g/mol. The Labute approximate surface area is 307 Å². The summed E-state index contributed by atoms with van der Waals surface area (Å²) >= 11 is 0. The number of carbonyl (C=O) groups excluding carboxylic acids is 1. The summed E-state index contributed by atoms with van der Waals surface area (Å²) in [6.07, 6.45) is 9.94. The molecule has 0 spiro atoms. The lowest BCUT2D eigenvalue weighted by Crippen LogP contribution is -2.37. The number of aromatic amines is 2. The van der Waals surface area contributed by atoms with Crippen molar-refractivity contribution in [3.63, 3.8) is 0 Å². The third-order valence-electron chi connectivity index (χ3n) is 10.2. The Balaban J connectivity index is 1.22. The third kappa shape index (κ3) is 7.29. The zero-order chi connectivity index (χ0) is 36.4. The van der Waals surface area contributed by atoms with E-state index in [0.29, 0.717) is 19.0 Å². The average Bonchev–Trinajstić information content (AvgIpc) is 3.90. The van der Waals surface area contributed by atoms with Gasteiger partial charge in [0, 0.05) is 40.2 Å². The van der Waals surface area contributed by atoms with Crippen molar-refractivity contribution in [3.8, 4) is 33.8 Å². The molecule has 6 aromatic rings. The molecule has 2 N–H and O–H groups in total. The fourth-order valence-corrected chi connectivity index (χ4v) is 7.65. The molecule has 1 aliphatic rings. The van der Waals surface area contributed by atoms with E-state index in [1.807, 2.05) is 33.2 Å². The first kappa shape index (κ1) is 35.3. The number of carbonyl (C=O) groups is 1. The Kier molecular flexibility index (Phi) is 10.1. The quantitative estimate of drug-likeness (QED) is 0.133. The molecule has 0 aliphatic carbocycles. The van der Waals surface area contributed by atoms with Crippen molar-refractivity contribution in [1.29, 1.82) is 0 Å². The van der Waals surface area contributed by atoms with E-state index < -0.39 is 5.60 Å². The van der Waals surface area contributed by atoms with Gasteiger partial charge in [-0.1, -0.05) is 82.1 Å². The predicted octanol–water partition coefficient (Wildman–Crippen LogP) is 11.1. The summed E-state index contributed by atoms with van der Waals surface area (Å²) in [7, 11) is 0. The maximum Gasteiger partial charge on any atom is 0.410 e. The number of rotatable bonds is 12. The van der Waals surface area contributed by atoms with Gasteiger partial charge in [0.25, 0.3) is 0 Å². The van der Waals surface area contributed by atoms with E-state index in [0.717, 1.165) is 53.4 Å². The number of fused-ring (bicyclic) bond motifs is 5. The van der Waals surface area contributed by atoms with Crippen molar-refractivity contribution in [3.05, 3.63) is 108 Å². The third-order valence-corrected chi connectivity index (χ3v) is 10.2. The number of nitrogens with one attached hydrogen (secondary N) is 2. The molecule has 0 unspecified atom stereocenters. The lowest BCUT2D eigenvalue weighted by Gasteiger charge is -2.30. The Morgan fingerprint density at radius 2 is 1.67 bits per heavy atom. The standard InChI is InChI=1S/C44H52N6O2/c1-7-10-14-29(9-3)42-46-27-37(48-42)32-18-20-38-34(23-32)25-40-35-19-17-31(22-33(35)24-39(50(38)40)30-15-12-11-13-16-30)36-26-45-41(47-36)28-49(21-8-2)43(51)52-44(4,5)6/h11-13,15-20,22-23,25-27,29,39H,7-10,14,21,24,28H2,1-6H3,(H,45,47)(H,46,48)/t29-,39-/m0/s1. The van der Waals surface area contributed by atoms with Gasteiger partial charge in [-0.15, -0.1) is 0 Å². The molecule has 0 saturated carbocycles. The molecule has 52 heavy (non-hydrogen) atoms. The average molecular weight is 697 g/mol. The van der Waals surface area contributed by atoms with Crippen LogP contribution in [0.4, 0.5) is 4.79 Å². The van der Waals surface area contributed by atoms with Gasteiger partial charge < -0.3 is 24.2 Å². The molecule has 3 aromatic carbocycles. The summed E-state index contributed by atoms with van der Waals surface area (Å²) in [6.45, 7) is 13.2. The van der Waals surface area contributed by atoms with E-state index in [9.17, 15) is 4.79 Å². The van der Waals surface area contributed by atoms with Crippen LogP contribution in [0.1, 0.15) is 108 Å². The van der Waals surface area contributed by atoms with Gasteiger partial charge in [-0.2, -0.15) is 0 Å². The van der Waals surface area contributed by atoms with Crippen LogP contribution in [0.2, 0.25) is 0 Å². The van der Waals surface area contributed by atoms with E-state index in [4.69, 9.17) is 9.72 Å². The minimum absolute atomic E-state index is 0.152. The molecule has 0 fully saturated rings. The molecule has 3 aromatic heterocycles. The molecule has 7 rings (SSSR count). The van der Waals surface area contributed by atoms with Crippen molar-refractivity contribution in [2.75, 3.05) is 6.54 Å². The zero-order valence-corrected chi connectivity index (χ0v) is 31.5. The molecule has 1 aliphatic heterocycles. The van der Waals surface area contributed by atoms with Gasteiger partial charge in [0.1, 0.15) is 17.2 Å². The number of aromatic nitrogens is 5. The zero-order valence-electron chi connectivity index (χ0n) is 31.5. The Morgan fingerprint density at radius 1 is 0.923 bits per heavy atom. The van der Waals surface area contributed by atoms with Crippen LogP contribution >= 0.6 is 0 Å². The summed E-state index contributed by atoms with van der Waals surface area (Å²) in [5.41, 5.74) is 9.99. The second-order valence-electron chi connectivity index (χ2n) is 15.3. The molecular weight excluding hydrogens is 645 g/mol. The molecule has 8 heteroatoms.